The van der Waals surface area contributed by atoms with Crippen LogP contribution >= 0.6 is 0 Å². The van der Waals surface area contributed by atoms with Gasteiger partial charge in [0.05, 0.1) is 12.0 Å². The second-order valence-electron chi connectivity index (χ2n) is 5.34. The number of carbonyl (C=O) groups excluding carboxylic acids is 1. The van der Waals surface area contributed by atoms with Crippen LogP contribution in [0.4, 0.5) is 0 Å². The monoisotopic (exact) mass is 229 g/mol. The van der Waals surface area contributed by atoms with E-state index in [4.69, 9.17) is 15.2 Å². The van der Waals surface area contributed by atoms with Crippen LogP contribution in [0.15, 0.2) is 0 Å². The zero-order valence-corrected chi connectivity index (χ0v) is 10.5. The SMILES string of the molecule is CC(C)(C)OC(=O)C(CN)CC1CCCO1. The van der Waals surface area contributed by atoms with Crippen molar-refractivity contribution >= 4 is 5.97 Å². The van der Waals surface area contributed by atoms with Crippen LogP contribution in [0.1, 0.15) is 40.0 Å². The lowest BCUT2D eigenvalue weighted by atomic mass is 10.00. The van der Waals surface area contributed by atoms with Gasteiger partial charge in [0.15, 0.2) is 0 Å². The van der Waals surface area contributed by atoms with E-state index in [1.54, 1.807) is 0 Å². The number of ether oxygens (including phenoxy) is 2. The Hall–Kier alpha value is -0.610. The molecule has 0 saturated carbocycles. The first kappa shape index (κ1) is 13.5. The Morgan fingerprint density at radius 2 is 2.25 bits per heavy atom. The first-order valence-corrected chi connectivity index (χ1v) is 5.97. The summed E-state index contributed by atoms with van der Waals surface area (Å²) in [5, 5.41) is 0. The molecule has 2 unspecified atom stereocenters. The third kappa shape index (κ3) is 4.49. The summed E-state index contributed by atoms with van der Waals surface area (Å²) in [7, 11) is 0. The van der Waals surface area contributed by atoms with E-state index in [1.165, 1.54) is 0 Å². The largest absolute Gasteiger partial charge is 0.460 e. The van der Waals surface area contributed by atoms with E-state index >= 15 is 0 Å². The predicted octanol–water partition coefficient (Wildman–Crippen LogP) is 1.47. The van der Waals surface area contributed by atoms with Crippen LogP contribution < -0.4 is 5.73 Å². The van der Waals surface area contributed by atoms with Gasteiger partial charge in [-0.15, -0.1) is 0 Å². The Morgan fingerprint density at radius 3 is 2.69 bits per heavy atom. The molecule has 16 heavy (non-hydrogen) atoms. The van der Waals surface area contributed by atoms with Crippen molar-refractivity contribution in [2.75, 3.05) is 13.2 Å². The van der Waals surface area contributed by atoms with E-state index in [0.717, 1.165) is 19.4 Å². The van der Waals surface area contributed by atoms with Gasteiger partial charge < -0.3 is 15.2 Å². The first-order valence-electron chi connectivity index (χ1n) is 5.97. The minimum absolute atomic E-state index is 0.182. The summed E-state index contributed by atoms with van der Waals surface area (Å²) in [5.74, 6) is -0.437. The Bertz CT molecular complexity index is 229. The maximum atomic E-state index is 11.8. The number of esters is 1. The molecule has 0 bridgehead atoms. The van der Waals surface area contributed by atoms with Crippen molar-refractivity contribution in [3.63, 3.8) is 0 Å². The van der Waals surface area contributed by atoms with Gasteiger partial charge in [-0.1, -0.05) is 0 Å². The van der Waals surface area contributed by atoms with Crippen LogP contribution in [-0.4, -0.2) is 30.8 Å². The highest BCUT2D eigenvalue weighted by Gasteiger charge is 2.28. The van der Waals surface area contributed by atoms with E-state index in [-0.39, 0.29) is 18.0 Å². The van der Waals surface area contributed by atoms with Crippen molar-refractivity contribution in [2.45, 2.75) is 51.7 Å². The van der Waals surface area contributed by atoms with E-state index in [9.17, 15) is 4.79 Å². The maximum absolute atomic E-state index is 11.8. The molecule has 1 aliphatic heterocycles. The molecule has 0 aliphatic carbocycles. The van der Waals surface area contributed by atoms with Gasteiger partial charge in [-0.25, -0.2) is 0 Å². The van der Waals surface area contributed by atoms with Gasteiger partial charge in [0.2, 0.25) is 0 Å². The Labute approximate surface area is 97.5 Å². The van der Waals surface area contributed by atoms with E-state index < -0.39 is 5.60 Å². The molecule has 94 valence electrons. The molecule has 0 aromatic carbocycles. The lowest BCUT2D eigenvalue weighted by Gasteiger charge is -2.24. The molecule has 1 fully saturated rings. The number of rotatable bonds is 4. The van der Waals surface area contributed by atoms with E-state index in [2.05, 4.69) is 0 Å². The fourth-order valence-electron chi connectivity index (χ4n) is 1.82. The summed E-state index contributed by atoms with van der Waals surface area (Å²) in [5.41, 5.74) is 5.17. The molecule has 0 amide bonds. The van der Waals surface area contributed by atoms with E-state index in [1.807, 2.05) is 20.8 Å². The number of hydrogen-bond donors (Lipinski definition) is 1. The van der Waals surface area contributed by atoms with Gasteiger partial charge in [0, 0.05) is 13.2 Å². The Morgan fingerprint density at radius 1 is 1.56 bits per heavy atom. The van der Waals surface area contributed by atoms with Crippen molar-refractivity contribution < 1.29 is 14.3 Å². The first-order chi connectivity index (χ1) is 7.42. The average Bonchev–Trinajstić information content (AvgIpc) is 2.63. The summed E-state index contributed by atoms with van der Waals surface area (Å²) in [4.78, 5) is 11.8. The fraction of sp³-hybridized carbons (Fsp3) is 0.917. The summed E-state index contributed by atoms with van der Waals surface area (Å²) >= 11 is 0. The standard InChI is InChI=1S/C12H23NO3/c1-12(2,3)16-11(14)9(8-13)7-10-5-4-6-15-10/h9-10H,4-8,13H2,1-3H3. The molecule has 2 N–H and O–H groups in total. The normalized spacial score (nSPS) is 23.1. The zero-order valence-electron chi connectivity index (χ0n) is 10.5. The average molecular weight is 229 g/mol. The van der Waals surface area contributed by atoms with Crippen LogP contribution in [0.2, 0.25) is 0 Å². The lowest BCUT2D eigenvalue weighted by molar-refractivity contribution is -0.160. The molecule has 4 nitrogen and oxygen atoms in total. The lowest BCUT2D eigenvalue weighted by Crippen LogP contribution is -2.34. The van der Waals surface area contributed by atoms with Gasteiger partial charge in [-0.2, -0.15) is 0 Å². The molecule has 0 aromatic heterocycles. The topological polar surface area (TPSA) is 61.5 Å². The van der Waals surface area contributed by atoms with Crippen molar-refractivity contribution in [2.24, 2.45) is 11.7 Å². The number of carbonyl (C=O) groups is 1. The molecule has 4 heteroatoms. The quantitative estimate of drug-likeness (QED) is 0.742. The molecule has 1 rings (SSSR count). The highest BCUT2D eigenvalue weighted by molar-refractivity contribution is 5.73. The van der Waals surface area contributed by atoms with Crippen molar-refractivity contribution in [3.8, 4) is 0 Å². The zero-order chi connectivity index (χ0) is 12.2. The third-order valence-electron chi connectivity index (χ3n) is 2.60. The van der Waals surface area contributed by atoms with Crippen molar-refractivity contribution in [1.29, 1.82) is 0 Å². The Balaban J connectivity index is 2.43. The Kier molecular flexibility index (Phi) is 4.74. The van der Waals surface area contributed by atoms with Crippen LogP contribution in [0, 0.1) is 5.92 Å². The predicted molar refractivity (Wildman–Crippen MR) is 62.0 cm³/mol. The highest BCUT2D eigenvalue weighted by atomic mass is 16.6. The fourth-order valence-corrected chi connectivity index (χ4v) is 1.82. The number of hydrogen-bond acceptors (Lipinski definition) is 4. The minimum atomic E-state index is -0.443. The van der Waals surface area contributed by atoms with E-state index in [0.29, 0.717) is 13.0 Å². The minimum Gasteiger partial charge on any atom is -0.460 e. The molecule has 0 radical (unpaired) electrons. The summed E-state index contributed by atoms with van der Waals surface area (Å²) in [6.07, 6.45) is 2.97. The van der Waals surface area contributed by atoms with Crippen molar-refractivity contribution in [3.05, 3.63) is 0 Å². The molecule has 0 aromatic rings. The van der Waals surface area contributed by atoms with Gasteiger partial charge in [0.1, 0.15) is 5.60 Å². The van der Waals surface area contributed by atoms with Crippen LogP contribution in [0.25, 0.3) is 0 Å². The second kappa shape index (κ2) is 5.64. The summed E-state index contributed by atoms with van der Waals surface area (Å²) in [6.45, 7) is 6.73. The van der Waals surface area contributed by atoms with Crippen LogP contribution in [-0.2, 0) is 14.3 Å². The third-order valence-corrected chi connectivity index (χ3v) is 2.60. The van der Waals surface area contributed by atoms with Gasteiger partial charge in [0.25, 0.3) is 0 Å². The van der Waals surface area contributed by atoms with Crippen molar-refractivity contribution in [1.82, 2.24) is 0 Å². The summed E-state index contributed by atoms with van der Waals surface area (Å²) in [6, 6.07) is 0. The molecule has 1 aliphatic rings. The highest BCUT2D eigenvalue weighted by Crippen LogP contribution is 2.21. The van der Waals surface area contributed by atoms with Crippen LogP contribution in [0.5, 0.6) is 0 Å². The molecular weight excluding hydrogens is 206 g/mol. The molecule has 1 heterocycles. The molecular formula is C12H23NO3. The molecule has 0 spiro atoms. The second-order valence-corrected chi connectivity index (χ2v) is 5.34. The molecule has 1 saturated heterocycles. The number of nitrogens with two attached hydrogens (primary N) is 1. The maximum Gasteiger partial charge on any atom is 0.310 e. The summed E-state index contributed by atoms with van der Waals surface area (Å²) < 4.78 is 10.8. The smallest absolute Gasteiger partial charge is 0.310 e. The molecule has 2 atom stereocenters. The van der Waals surface area contributed by atoms with Gasteiger partial charge in [-0.05, 0) is 40.0 Å². The van der Waals surface area contributed by atoms with Gasteiger partial charge in [-0.3, -0.25) is 4.79 Å². The van der Waals surface area contributed by atoms with Crippen LogP contribution in [0.3, 0.4) is 0 Å². The van der Waals surface area contributed by atoms with Gasteiger partial charge >= 0.3 is 5.97 Å².